The van der Waals surface area contributed by atoms with Crippen LogP contribution in [0.4, 0.5) is 0 Å². The molecule has 0 aromatic carbocycles. The Labute approximate surface area is 141 Å². The predicted octanol–water partition coefficient (Wildman–Crippen LogP) is -1.61. The van der Waals surface area contributed by atoms with E-state index in [4.69, 9.17) is 7.16 Å². The molecule has 24 heavy (non-hydrogen) atoms. The zero-order valence-electron chi connectivity index (χ0n) is 15.2. The van der Waals surface area contributed by atoms with Crippen molar-refractivity contribution in [3.8, 4) is 0 Å². The number of aliphatic hydroxyl groups is 1. The zero-order valence-corrected chi connectivity index (χ0v) is 14.2. The summed E-state index contributed by atoms with van der Waals surface area (Å²) in [5, 5.41) is 17.9. The Hall–Kier alpha value is -2.00. The van der Waals surface area contributed by atoms with Gasteiger partial charge in [0.1, 0.15) is 11.8 Å². The molecule has 2 amide bonds. The maximum Gasteiger partial charge on any atom is 0.305 e. The summed E-state index contributed by atoms with van der Waals surface area (Å²) in [5.74, 6) is -2.50. The smallest absolute Gasteiger partial charge is 0.305 e. The van der Waals surface area contributed by atoms with E-state index < -0.39 is 59.8 Å². The summed E-state index contributed by atoms with van der Waals surface area (Å²) < 4.78 is 6.42. The van der Waals surface area contributed by atoms with Gasteiger partial charge in [0.15, 0.2) is 0 Å². The van der Waals surface area contributed by atoms with E-state index in [2.05, 4.69) is 15.7 Å². The molecular formula is C15H25N3O6. The fourth-order valence-electron chi connectivity index (χ4n) is 3.27. The lowest BCUT2D eigenvalue weighted by Crippen LogP contribution is -2.72. The van der Waals surface area contributed by atoms with Gasteiger partial charge in [-0.15, -0.1) is 0 Å². The van der Waals surface area contributed by atoms with E-state index in [1.165, 1.54) is 0 Å². The molecule has 1 fully saturated rings. The molecule has 9 nitrogen and oxygen atoms in total. The zero-order chi connectivity index (χ0) is 19.6. The van der Waals surface area contributed by atoms with Crippen LogP contribution in [0.15, 0.2) is 0 Å². The average molecular weight is 344 g/mol. The van der Waals surface area contributed by atoms with Gasteiger partial charge in [-0.05, 0) is 0 Å². The minimum absolute atomic E-state index is 0.00538. The van der Waals surface area contributed by atoms with E-state index in [-0.39, 0.29) is 5.78 Å². The molecule has 0 aromatic heterocycles. The number of ketones is 1. The number of aliphatic hydroxyl groups excluding tert-OH is 1. The molecule has 1 aliphatic rings. The topological polar surface area (TPSA) is 159 Å². The second kappa shape index (κ2) is 6.86. The summed E-state index contributed by atoms with van der Waals surface area (Å²) in [4.78, 5) is 47.3. The van der Waals surface area contributed by atoms with Gasteiger partial charge in [-0.1, -0.05) is 27.7 Å². The summed E-state index contributed by atoms with van der Waals surface area (Å²) in [6.07, 6.45) is -0.535. The summed E-state index contributed by atoms with van der Waals surface area (Å²) in [6, 6.07) is -3.07. The Balaban J connectivity index is 2.71. The van der Waals surface area contributed by atoms with E-state index in [1.54, 1.807) is 27.7 Å². The maximum atomic E-state index is 12.3. The van der Waals surface area contributed by atoms with Gasteiger partial charge < -0.3 is 26.6 Å². The molecule has 0 aromatic rings. The first-order chi connectivity index (χ1) is 11.4. The fraction of sp³-hybridized carbons (Fsp3) is 0.733. The number of Topliss-reactive ketones (excluding diaryl/α,β-unsaturated/α-hetero) is 1. The number of hydrogen-bond donors (Lipinski definition) is 5. The van der Waals surface area contributed by atoms with E-state index in [0.717, 1.165) is 0 Å². The van der Waals surface area contributed by atoms with Crippen LogP contribution < -0.4 is 16.4 Å². The van der Waals surface area contributed by atoms with Gasteiger partial charge in [0.05, 0.1) is 25.1 Å². The van der Waals surface area contributed by atoms with Crippen LogP contribution >= 0.6 is 0 Å². The Morgan fingerprint density at radius 3 is 2.25 bits per heavy atom. The Morgan fingerprint density at radius 2 is 1.79 bits per heavy atom. The summed E-state index contributed by atoms with van der Waals surface area (Å²) in [5.41, 5.74) is 3.98. The van der Waals surface area contributed by atoms with Crippen molar-refractivity contribution < 1.29 is 29.4 Å². The van der Waals surface area contributed by atoms with Gasteiger partial charge in [-0.3, -0.25) is 19.2 Å². The largest absolute Gasteiger partial charge is 0.481 e. The van der Waals surface area contributed by atoms with Crippen LogP contribution in [-0.2, 0) is 19.2 Å². The highest BCUT2D eigenvalue weighted by molar-refractivity contribution is 5.99. The second-order valence-corrected chi connectivity index (χ2v) is 7.14. The highest BCUT2D eigenvalue weighted by Gasteiger charge is 2.62. The lowest BCUT2D eigenvalue weighted by atomic mass is 9.51. The first kappa shape index (κ1) is 18.3. The normalized spacial score (nSPS) is 21.8. The SMILES string of the molecule is [2H]OC(=O)C[C@H](N)C(=O)N[C@@H](CO)C(=O)NC1C(C)(C)C(=O)C1(C)C. The molecule has 0 aliphatic heterocycles. The number of amides is 2. The number of hydrogen-bond acceptors (Lipinski definition) is 7. The van der Waals surface area contributed by atoms with E-state index in [1.807, 2.05) is 0 Å². The predicted molar refractivity (Wildman–Crippen MR) is 83.7 cm³/mol. The number of carbonyl (C=O) groups excluding carboxylic acids is 3. The third-order valence-corrected chi connectivity index (χ3v) is 4.44. The lowest BCUT2D eigenvalue weighted by Gasteiger charge is -2.55. The molecule has 6 N–H and O–H groups in total. The molecule has 0 saturated heterocycles. The van der Waals surface area contributed by atoms with Gasteiger partial charge in [0, 0.05) is 10.8 Å². The number of aliphatic carboxylic acids is 1. The molecule has 2 atom stereocenters. The van der Waals surface area contributed by atoms with Crippen molar-refractivity contribution in [1.29, 1.82) is 1.43 Å². The molecule has 0 spiro atoms. The first-order valence-corrected chi connectivity index (χ1v) is 7.57. The number of carbonyl (C=O) groups is 4. The number of carboxylic acid groups (broad SMARTS) is 1. The quantitative estimate of drug-likeness (QED) is 0.371. The number of carboxylic acids is 1. The third-order valence-electron chi connectivity index (χ3n) is 4.44. The van der Waals surface area contributed by atoms with Gasteiger partial charge >= 0.3 is 5.97 Å². The Bertz CT molecular complexity index is 560. The number of nitrogens with two attached hydrogens (primary N) is 1. The van der Waals surface area contributed by atoms with E-state index >= 15 is 0 Å². The fourth-order valence-corrected chi connectivity index (χ4v) is 3.27. The highest BCUT2D eigenvalue weighted by Crippen LogP contribution is 2.49. The molecule has 0 unspecified atom stereocenters. The monoisotopic (exact) mass is 344 g/mol. The van der Waals surface area contributed by atoms with E-state index in [0.29, 0.717) is 0 Å². The number of nitrogens with one attached hydrogen (secondary N) is 2. The van der Waals surface area contributed by atoms with Crippen molar-refractivity contribution in [3.05, 3.63) is 0 Å². The summed E-state index contributed by atoms with van der Waals surface area (Å²) >= 11 is 0. The molecular weight excluding hydrogens is 318 g/mol. The van der Waals surface area contributed by atoms with Gasteiger partial charge in [-0.25, -0.2) is 0 Å². The van der Waals surface area contributed by atoms with Crippen molar-refractivity contribution >= 4 is 23.6 Å². The van der Waals surface area contributed by atoms with Crippen molar-refractivity contribution in [2.75, 3.05) is 6.61 Å². The van der Waals surface area contributed by atoms with Crippen molar-refractivity contribution in [1.82, 2.24) is 10.6 Å². The minimum Gasteiger partial charge on any atom is -0.481 e. The van der Waals surface area contributed by atoms with Gasteiger partial charge in [-0.2, -0.15) is 0 Å². The average Bonchev–Trinajstić information content (AvgIpc) is 2.55. The van der Waals surface area contributed by atoms with Crippen LogP contribution in [0.25, 0.3) is 1.43 Å². The van der Waals surface area contributed by atoms with Crippen LogP contribution in [0, 0.1) is 10.8 Å². The maximum absolute atomic E-state index is 12.3. The second-order valence-electron chi connectivity index (χ2n) is 7.14. The standard InChI is InChI=1S/C15H25N3O6/c1-14(2)12(15(3,4)13(14)24)18-11(23)8(6-19)17-10(22)7(16)5-9(20)21/h7-8,12,19H,5-6,16H2,1-4H3,(H,17,22)(H,18,23)(H,20,21)/t7-,8-/m0/s1/i/hD. The molecule has 9 heteroatoms. The van der Waals surface area contributed by atoms with Crippen LogP contribution in [0.2, 0.25) is 0 Å². The minimum atomic E-state index is -1.32. The third kappa shape index (κ3) is 3.73. The van der Waals surface area contributed by atoms with Crippen LogP contribution in [0.3, 0.4) is 0 Å². The first-order valence-electron chi connectivity index (χ1n) is 7.98. The summed E-state index contributed by atoms with van der Waals surface area (Å²) in [6.45, 7) is 6.15. The van der Waals surface area contributed by atoms with Crippen molar-refractivity contribution in [2.45, 2.75) is 52.2 Å². The molecule has 1 aliphatic carbocycles. The molecule has 0 bridgehead atoms. The Morgan fingerprint density at radius 1 is 1.25 bits per heavy atom. The highest BCUT2D eigenvalue weighted by atomic mass is 16.4. The molecule has 136 valence electrons. The van der Waals surface area contributed by atoms with Crippen molar-refractivity contribution in [3.63, 3.8) is 0 Å². The molecule has 0 radical (unpaired) electrons. The van der Waals surface area contributed by atoms with Gasteiger partial charge in [0.2, 0.25) is 11.8 Å². The van der Waals surface area contributed by atoms with E-state index in [9.17, 15) is 24.3 Å². The van der Waals surface area contributed by atoms with Gasteiger partial charge in [0.25, 0.3) is 1.43 Å². The Kier molecular flexibility index (Phi) is 5.24. The van der Waals surface area contributed by atoms with Crippen LogP contribution in [-0.4, -0.2) is 58.5 Å². The lowest BCUT2D eigenvalue weighted by molar-refractivity contribution is -0.160. The van der Waals surface area contributed by atoms with Crippen LogP contribution in [0.1, 0.15) is 34.1 Å². The molecule has 1 saturated carbocycles. The van der Waals surface area contributed by atoms with Crippen LogP contribution in [0.5, 0.6) is 0 Å². The number of rotatable bonds is 7. The molecule has 1 rings (SSSR count). The van der Waals surface area contributed by atoms with Crippen molar-refractivity contribution in [2.24, 2.45) is 16.6 Å². The summed E-state index contributed by atoms with van der Waals surface area (Å²) in [7, 11) is 0. The molecule has 0 heterocycles.